The summed E-state index contributed by atoms with van der Waals surface area (Å²) in [6.45, 7) is 12.5. The van der Waals surface area contributed by atoms with Crippen molar-refractivity contribution in [2.24, 2.45) is 0 Å². The predicted octanol–water partition coefficient (Wildman–Crippen LogP) is 10.3. The zero-order valence-corrected chi connectivity index (χ0v) is 37.2. The van der Waals surface area contributed by atoms with E-state index in [2.05, 4.69) is 80.3 Å². The van der Waals surface area contributed by atoms with Crippen LogP contribution in [0.3, 0.4) is 0 Å². The van der Waals surface area contributed by atoms with Crippen LogP contribution in [0, 0.1) is 102 Å². The minimum absolute atomic E-state index is 0. The Balaban J connectivity index is 0.000000519. The van der Waals surface area contributed by atoms with Crippen LogP contribution < -0.4 is 19.2 Å². The average molecular weight is 1080 g/mol. The summed E-state index contributed by atoms with van der Waals surface area (Å²) in [7, 11) is 0.281. The van der Waals surface area contributed by atoms with Gasteiger partial charge in [0.05, 0.1) is 0 Å². The van der Waals surface area contributed by atoms with E-state index >= 15 is 0 Å². The van der Waals surface area contributed by atoms with Crippen LogP contribution >= 0.6 is 17.9 Å². The zero-order valence-electron chi connectivity index (χ0n) is 26.9. The predicted molar refractivity (Wildman–Crippen MR) is 187 cm³/mol. The molecule has 0 aliphatic rings. The third-order valence-electron chi connectivity index (χ3n) is 6.39. The van der Waals surface area contributed by atoms with E-state index in [4.69, 9.17) is 9.05 Å². The van der Waals surface area contributed by atoms with Crippen LogP contribution in [-0.4, -0.2) is 0 Å². The molecule has 232 valence electrons. The maximum absolute atomic E-state index is 5.96. The largest absolute Gasteiger partial charge is 0.461 e. The molecule has 8 heteroatoms. The summed E-state index contributed by atoms with van der Waals surface area (Å²) in [6.07, 6.45) is 0. The maximum Gasteiger partial charge on any atom is 0.174 e. The number of rotatable bonds is 9. The molecule has 0 radical (unpaired) electrons. The molecule has 5 aromatic carbocycles. The summed E-state index contributed by atoms with van der Waals surface area (Å²) in [5.74, 6) is 1.81. The maximum atomic E-state index is 5.96. The van der Waals surface area contributed by atoms with Gasteiger partial charge in [0.1, 0.15) is 20.5 Å². The van der Waals surface area contributed by atoms with Gasteiger partial charge in [0.25, 0.3) is 0 Å². The molecular formula is C37H42N2O2P2U2-2. The summed E-state index contributed by atoms with van der Waals surface area (Å²) in [4.78, 5) is 0. The number of nitrogens with one attached hydrogen (secondary N) is 2. The fraction of sp³-hybridized carbons (Fsp3) is 0.189. The second kappa shape index (κ2) is 22.9. The second-order valence-electron chi connectivity index (χ2n) is 10.5. The first kappa shape index (κ1) is 41.4. The van der Waals surface area contributed by atoms with Gasteiger partial charge in [-0.2, -0.15) is 71.8 Å². The number of aryl methyl sites for hydroxylation is 4. The van der Waals surface area contributed by atoms with Crippen molar-refractivity contribution in [3.8, 4) is 11.5 Å². The Labute approximate surface area is 321 Å². The molecule has 0 aromatic heterocycles. The van der Waals surface area contributed by atoms with E-state index in [-0.39, 0.29) is 85.7 Å². The summed E-state index contributed by atoms with van der Waals surface area (Å²) >= 11 is 0. The Morgan fingerprint density at radius 1 is 0.556 bits per heavy atom. The molecule has 0 aliphatic heterocycles. The summed E-state index contributed by atoms with van der Waals surface area (Å²) in [5, 5.41) is 6.98. The molecule has 2 atom stereocenters. The van der Waals surface area contributed by atoms with Gasteiger partial charge in [-0.15, -0.1) is 0 Å². The van der Waals surface area contributed by atoms with Gasteiger partial charge in [0.15, 0.2) is 8.96 Å². The molecule has 2 N–H and O–H groups in total. The topological polar surface area (TPSA) is 42.5 Å². The van der Waals surface area contributed by atoms with Crippen LogP contribution in [0.1, 0.15) is 41.7 Å². The van der Waals surface area contributed by atoms with Crippen LogP contribution in [-0.2, 0) is 5.54 Å². The Hall–Kier alpha value is -1.58. The minimum Gasteiger partial charge on any atom is -0.461 e. The Kier molecular flexibility index (Phi) is 21.1. The monoisotopic (exact) mass is 1080 g/mol. The van der Waals surface area contributed by atoms with Crippen LogP contribution in [0.5, 0.6) is 11.5 Å². The van der Waals surface area contributed by atoms with Gasteiger partial charge in [0.2, 0.25) is 0 Å². The van der Waals surface area contributed by atoms with Crippen molar-refractivity contribution in [2.75, 3.05) is 5.09 Å². The standard InChI is InChI=1S/C23H28N2O2P2.2C7H7.2U/c1-17-11-5-9-15-21(17)26-28-24-20-14-8-7-13-19(20)23(3,4)25-29-27-22-16-10-6-12-18(22)2;2*1-7-5-3-2-4-6-7;;/h5-16,24-25,28-29H,1-4H3;2*2-5H,1H3;;/q;2*-1;;. The van der Waals surface area contributed by atoms with E-state index in [0.29, 0.717) is 0 Å². The minimum atomic E-state index is -0.266. The van der Waals surface area contributed by atoms with Crippen molar-refractivity contribution in [2.45, 2.75) is 47.1 Å². The molecule has 2 unspecified atom stereocenters. The van der Waals surface area contributed by atoms with E-state index in [9.17, 15) is 0 Å². The van der Waals surface area contributed by atoms with Crippen LogP contribution in [0.25, 0.3) is 0 Å². The van der Waals surface area contributed by atoms with Crippen molar-refractivity contribution in [1.82, 2.24) is 5.09 Å². The van der Waals surface area contributed by atoms with Crippen molar-refractivity contribution < 1.29 is 71.3 Å². The molecule has 0 fully saturated rings. The normalized spacial score (nSPS) is 10.4. The molecule has 0 heterocycles. The first-order chi connectivity index (χ1) is 20.8. The molecule has 4 nitrogen and oxygen atoms in total. The van der Waals surface area contributed by atoms with Crippen molar-refractivity contribution in [1.29, 1.82) is 0 Å². The van der Waals surface area contributed by atoms with Crippen LogP contribution in [0.4, 0.5) is 5.69 Å². The molecule has 0 saturated heterocycles. The van der Waals surface area contributed by atoms with Crippen molar-refractivity contribution in [3.05, 3.63) is 161 Å². The SMILES string of the molecule is Cc1[c-]cccc1.Cc1[c-]cccc1.Cc1ccccc1OPNc1ccccc1C(C)(C)NPOc1ccccc1C.[U].[U]. The van der Waals surface area contributed by atoms with Crippen LogP contribution in [0.15, 0.2) is 121 Å². The number of para-hydroxylation sites is 3. The number of hydrogen-bond acceptors (Lipinski definition) is 4. The second-order valence-corrected chi connectivity index (χ2v) is 11.8. The molecule has 45 heavy (non-hydrogen) atoms. The van der Waals surface area contributed by atoms with Crippen molar-refractivity contribution in [3.63, 3.8) is 0 Å². The summed E-state index contributed by atoms with van der Waals surface area (Å²) in [5.41, 5.74) is 6.62. The first-order valence-corrected chi connectivity index (χ1v) is 16.0. The number of anilines is 1. The van der Waals surface area contributed by atoms with E-state index in [1.165, 1.54) is 16.7 Å². The smallest absolute Gasteiger partial charge is 0.174 e. The van der Waals surface area contributed by atoms with Crippen LogP contribution in [0.2, 0.25) is 0 Å². The molecular weight excluding hydrogens is 1040 g/mol. The van der Waals surface area contributed by atoms with E-state index < -0.39 is 0 Å². The van der Waals surface area contributed by atoms with Gasteiger partial charge in [0, 0.05) is 73.5 Å². The molecule has 5 rings (SSSR count). The number of benzene rings is 5. The Morgan fingerprint density at radius 2 is 1.00 bits per heavy atom. The van der Waals surface area contributed by atoms with Gasteiger partial charge in [-0.05, 0) is 62.6 Å². The number of hydrogen-bond donors (Lipinski definition) is 2. The van der Waals surface area contributed by atoms with E-state index in [1.807, 2.05) is 105 Å². The first-order valence-electron chi connectivity index (χ1n) is 14.2. The quantitative estimate of drug-likeness (QED) is 0.114. The molecule has 0 aliphatic carbocycles. The molecule has 0 bridgehead atoms. The van der Waals surface area contributed by atoms with E-state index in [0.717, 1.165) is 28.3 Å². The average Bonchev–Trinajstić information content (AvgIpc) is 3.01. The third kappa shape index (κ3) is 15.7. The molecule has 0 saturated carbocycles. The van der Waals surface area contributed by atoms with Gasteiger partial charge < -0.3 is 14.1 Å². The Morgan fingerprint density at radius 3 is 1.44 bits per heavy atom. The molecule has 0 amide bonds. The Bertz CT molecular complexity index is 1470. The van der Waals surface area contributed by atoms with E-state index in [1.54, 1.807) is 0 Å². The van der Waals surface area contributed by atoms with Gasteiger partial charge in [-0.1, -0.05) is 68.4 Å². The fourth-order valence-electron chi connectivity index (χ4n) is 3.86. The third-order valence-corrected chi connectivity index (χ3v) is 8.13. The summed E-state index contributed by atoms with van der Waals surface area (Å²) in [6, 6.07) is 46.3. The van der Waals surface area contributed by atoms with Gasteiger partial charge >= 0.3 is 0 Å². The molecule has 5 aromatic rings. The fourth-order valence-corrected chi connectivity index (χ4v) is 5.35. The van der Waals surface area contributed by atoms with Gasteiger partial charge in [-0.3, -0.25) is 5.09 Å². The summed E-state index contributed by atoms with van der Waals surface area (Å²) < 4.78 is 11.9. The zero-order chi connectivity index (χ0) is 30.9. The molecule has 0 spiro atoms. The van der Waals surface area contributed by atoms with Gasteiger partial charge in [-0.25, -0.2) is 0 Å². The van der Waals surface area contributed by atoms with Crippen molar-refractivity contribution >= 4 is 23.6 Å².